The average Bonchev–Trinajstić information content (AvgIpc) is 3.26. The van der Waals surface area contributed by atoms with E-state index in [1.807, 2.05) is 74.5 Å². The third-order valence-corrected chi connectivity index (χ3v) is 8.13. The van der Waals surface area contributed by atoms with Crippen molar-refractivity contribution in [1.29, 1.82) is 0 Å². The van der Waals surface area contributed by atoms with E-state index in [0.717, 1.165) is 21.5 Å². The van der Waals surface area contributed by atoms with Crippen LogP contribution in [0, 0.1) is 0 Å². The minimum absolute atomic E-state index is 0. The Hall–Kier alpha value is -4.10. The van der Waals surface area contributed by atoms with Gasteiger partial charge < -0.3 is 19.8 Å². The van der Waals surface area contributed by atoms with Gasteiger partial charge in [-0.1, -0.05) is 123 Å². The molecule has 2 atom stereocenters. The maximum absolute atomic E-state index is 12.6. The molecule has 6 nitrogen and oxygen atoms in total. The summed E-state index contributed by atoms with van der Waals surface area (Å²) in [5, 5.41) is 28.2. The Labute approximate surface area is 290 Å². The van der Waals surface area contributed by atoms with E-state index >= 15 is 0 Å². The van der Waals surface area contributed by atoms with Gasteiger partial charge in [-0.15, -0.1) is 0 Å². The molecule has 0 fully saturated rings. The fourth-order valence-corrected chi connectivity index (χ4v) is 5.71. The first kappa shape index (κ1) is 33.8. The molecule has 0 aromatic heterocycles. The number of fused-ring (bicyclic) bond motifs is 4. The summed E-state index contributed by atoms with van der Waals surface area (Å²) in [5.74, 6) is -3.48. The van der Waals surface area contributed by atoms with Crippen molar-refractivity contribution < 1.29 is 19.8 Å². The largest absolute Gasteiger partial charge is 2.00 e. The Kier molecular flexibility index (Phi) is 11.1. The molecule has 0 amide bonds. The van der Waals surface area contributed by atoms with Crippen LogP contribution in [-0.4, -0.2) is 49.7 Å². The predicted molar refractivity (Wildman–Crippen MR) is 177 cm³/mol. The van der Waals surface area contributed by atoms with Gasteiger partial charge in [-0.25, -0.2) is 0 Å². The van der Waals surface area contributed by atoms with Crippen molar-refractivity contribution >= 4 is 92.8 Å². The number of hydrogen-bond acceptors (Lipinski definition) is 6. The maximum Gasteiger partial charge on any atom is 2.00 e. The number of hydrogen-bond donors (Lipinski definition) is 0. The van der Waals surface area contributed by atoms with Crippen LogP contribution < -0.4 is 21.1 Å². The fraction of sp³-hybridized carbons (Fsp3) is 0.158. The number of aliphatic carboxylic acids is 2. The van der Waals surface area contributed by atoms with E-state index in [2.05, 4.69) is 0 Å². The van der Waals surface area contributed by atoms with Gasteiger partial charge in [0.05, 0.1) is 0 Å². The van der Waals surface area contributed by atoms with E-state index in [9.17, 15) is 29.4 Å². The number of carbonyl (C=O) groups excluding carboxylic acids is 2. The topological polar surface area (TPSA) is 114 Å². The summed E-state index contributed by atoms with van der Waals surface area (Å²) in [4.78, 5) is 47.7. The van der Waals surface area contributed by atoms with E-state index in [-0.39, 0.29) is 48.6 Å². The zero-order chi connectivity index (χ0) is 31.4. The van der Waals surface area contributed by atoms with Crippen molar-refractivity contribution in [3.63, 3.8) is 0 Å². The third-order valence-electron chi connectivity index (χ3n) is 8.13. The molecule has 0 heterocycles. The molecular weight excluding hydrogens is 592 g/mol. The Bertz CT molecular complexity index is 2020. The van der Waals surface area contributed by atoms with Crippen molar-refractivity contribution in [2.24, 2.45) is 0 Å². The van der Waals surface area contributed by atoms with Crippen molar-refractivity contribution in [3.05, 3.63) is 141 Å². The molecule has 0 N–H and O–H groups in total. The Balaban J connectivity index is 0.000000200. The standard InChI is InChI=1S/2C19H16O3.Ca/c2*1-2-15(19(21)22)13-9-10-17-14(11-13)8-7-12-5-3-4-6-16(12)18(17)20;/h2*3-11,15H,2H2,1H3,(H,21,22);/q;;+2/p-2. The smallest absolute Gasteiger partial charge is 0.549 e. The summed E-state index contributed by atoms with van der Waals surface area (Å²) in [6, 6.07) is 32.8. The first-order chi connectivity index (χ1) is 21.2. The molecule has 0 saturated heterocycles. The molecule has 2 unspecified atom stereocenters. The monoisotopic (exact) mass is 622 g/mol. The van der Waals surface area contributed by atoms with Gasteiger partial charge in [0.2, 0.25) is 0 Å². The molecule has 6 rings (SSSR count). The van der Waals surface area contributed by atoms with Gasteiger partial charge in [0.25, 0.3) is 0 Å². The fourth-order valence-electron chi connectivity index (χ4n) is 5.71. The SMILES string of the molecule is CCC(C(=O)[O-])c1ccc2c(=O)c3ccccc3ccc2c1.CCC(C(=O)[O-])c1ccc2c(=O)c3ccccc3ccc2c1.[Ca+2]. The molecule has 7 heteroatoms. The second-order valence-electron chi connectivity index (χ2n) is 10.8. The molecule has 0 radical (unpaired) electrons. The molecular formula is C38H30CaO6. The molecule has 0 spiro atoms. The minimum Gasteiger partial charge on any atom is -0.549 e. The van der Waals surface area contributed by atoms with Gasteiger partial charge in [-0.3, -0.25) is 9.59 Å². The van der Waals surface area contributed by atoms with E-state index in [1.54, 1.807) is 48.5 Å². The summed E-state index contributed by atoms with van der Waals surface area (Å²) >= 11 is 0. The maximum atomic E-state index is 12.6. The minimum atomic E-state index is -1.09. The van der Waals surface area contributed by atoms with Crippen LogP contribution in [0.25, 0.3) is 43.1 Å². The van der Waals surface area contributed by atoms with Crippen LogP contribution in [0.2, 0.25) is 0 Å². The molecule has 0 aliphatic carbocycles. The van der Waals surface area contributed by atoms with Crippen LogP contribution in [0.15, 0.2) is 119 Å². The van der Waals surface area contributed by atoms with Gasteiger partial charge in [0.15, 0.2) is 10.9 Å². The summed E-state index contributed by atoms with van der Waals surface area (Å²) in [6.07, 6.45) is 0.915. The number of carbonyl (C=O) groups is 2. The van der Waals surface area contributed by atoms with Crippen LogP contribution in [0.1, 0.15) is 49.7 Å². The molecule has 0 bridgehead atoms. The van der Waals surface area contributed by atoms with Crippen molar-refractivity contribution in [3.8, 4) is 0 Å². The van der Waals surface area contributed by atoms with Crippen LogP contribution in [0.3, 0.4) is 0 Å². The van der Waals surface area contributed by atoms with Crippen LogP contribution in [0.4, 0.5) is 0 Å². The quantitative estimate of drug-likeness (QED) is 0.246. The van der Waals surface area contributed by atoms with E-state index < -0.39 is 23.8 Å². The molecule has 6 aromatic carbocycles. The number of rotatable bonds is 6. The molecule has 0 saturated carbocycles. The van der Waals surface area contributed by atoms with E-state index in [4.69, 9.17) is 0 Å². The van der Waals surface area contributed by atoms with Gasteiger partial charge in [-0.05, 0) is 45.5 Å². The summed E-state index contributed by atoms with van der Waals surface area (Å²) < 4.78 is 0. The molecule has 0 aliphatic rings. The van der Waals surface area contributed by atoms with Gasteiger partial charge in [0, 0.05) is 45.3 Å². The van der Waals surface area contributed by atoms with Crippen molar-refractivity contribution in [1.82, 2.24) is 0 Å². The Morgan fingerprint density at radius 2 is 0.844 bits per heavy atom. The zero-order valence-corrected chi connectivity index (χ0v) is 27.3. The third kappa shape index (κ3) is 7.09. The molecule has 220 valence electrons. The first-order valence-corrected chi connectivity index (χ1v) is 14.6. The van der Waals surface area contributed by atoms with Gasteiger partial charge >= 0.3 is 37.7 Å². The Morgan fingerprint density at radius 3 is 1.20 bits per heavy atom. The zero-order valence-electron chi connectivity index (χ0n) is 25.1. The molecule has 0 aliphatic heterocycles. The average molecular weight is 623 g/mol. The van der Waals surface area contributed by atoms with Gasteiger partial charge in [-0.2, -0.15) is 0 Å². The number of benzene rings is 4. The Morgan fingerprint density at radius 1 is 0.511 bits per heavy atom. The molecule has 45 heavy (non-hydrogen) atoms. The van der Waals surface area contributed by atoms with Crippen molar-refractivity contribution in [2.75, 3.05) is 0 Å². The second-order valence-corrected chi connectivity index (χ2v) is 10.8. The number of carboxylic acids is 2. The predicted octanol–water partition coefficient (Wildman–Crippen LogP) is 4.81. The van der Waals surface area contributed by atoms with Gasteiger partial charge in [0.1, 0.15) is 0 Å². The summed E-state index contributed by atoms with van der Waals surface area (Å²) in [5.41, 5.74) is 1.27. The van der Waals surface area contributed by atoms with E-state index in [0.29, 0.717) is 45.5 Å². The normalized spacial score (nSPS) is 12.1. The van der Waals surface area contributed by atoms with Crippen LogP contribution >= 0.6 is 0 Å². The van der Waals surface area contributed by atoms with E-state index in [1.165, 1.54) is 0 Å². The van der Waals surface area contributed by atoms with Crippen LogP contribution in [0.5, 0.6) is 0 Å². The molecule has 6 aromatic rings. The number of carboxylic acid groups (broad SMARTS) is 2. The van der Waals surface area contributed by atoms with Crippen molar-refractivity contribution in [2.45, 2.75) is 38.5 Å². The summed E-state index contributed by atoms with van der Waals surface area (Å²) in [7, 11) is 0. The summed E-state index contributed by atoms with van der Waals surface area (Å²) in [6.45, 7) is 3.62. The van der Waals surface area contributed by atoms with Crippen LogP contribution in [-0.2, 0) is 9.59 Å². The second kappa shape index (κ2) is 14.8. The first-order valence-electron chi connectivity index (χ1n) is 14.6.